The quantitative estimate of drug-likeness (QED) is 0.460. The van der Waals surface area contributed by atoms with Gasteiger partial charge >= 0.3 is 11.9 Å². The number of hydrogen-bond acceptors (Lipinski definition) is 4. The topological polar surface area (TPSA) is 52.6 Å². The highest BCUT2D eigenvalue weighted by Gasteiger charge is 2.05. The van der Waals surface area contributed by atoms with Gasteiger partial charge in [0.15, 0.2) is 0 Å². The zero-order valence-corrected chi connectivity index (χ0v) is 9.58. The Morgan fingerprint density at radius 3 is 2.07 bits per heavy atom. The van der Waals surface area contributed by atoms with Crippen LogP contribution in [0.4, 0.5) is 0 Å². The normalized spacial score (nSPS) is 9.73. The predicted octanol–water partition coefficient (Wildman–Crippen LogP) is 2.06. The molecule has 0 aromatic carbocycles. The Bertz CT molecular complexity index is 189. The van der Waals surface area contributed by atoms with Gasteiger partial charge in [0, 0.05) is 6.42 Å². The molecule has 15 heavy (non-hydrogen) atoms. The maximum Gasteiger partial charge on any atom is 0.309 e. The van der Waals surface area contributed by atoms with E-state index < -0.39 is 0 Å². The molecule has 0 aliphatic carbocycles. The van der Waals surface area contributed by atoms with Gasteiger partial charge in [-0.25, -0.2) is 0 Å². The highest BCUT2D eigenvalue weighted by Crippen LogP contribution is 1.95. The highest BCUT2D eigenvalue weighted by atomic mass is 16.5. The fraction of sp³-hybridized carbons (Fsp3) is 0.818. The summed E-state index contributed by atoms with van der Waals surface area (Å²) in [7, 11) is 0. The Labute approximate surface area is 90.9 Å². The summed E-state index contributed by atoms with van der Waals surface area (Å²) in [6.45, 7) is 4.52. The van der Waals surface area contributed by atoms with Gasteiger partial charge < -0.3 is 9.47 Å². The maximum absolute atomic E-state index is 11.0. The van der Waals surface area contributed by atoms with Crippen molar-refractivity contribution < 1.29 is 19.1 Å². The molecule has 0 bridgehead atoms. The van der Waals surface area contributed by atoms with Crippen LogP contribution >= 0.6 is 0 Å². The van der Waals surface area contributed by atoms with Crippen molar-refractivity contribution in [2.24, 2.45) is 0 Å². The number of hydrogen-bond donors (Lipinski definition) is 0. The van der Waals surface area contributed by atoms with Gasteiger partial charge in [0.25, 0.3) is 0 Å². The van der Waals surface area contributed by atoms with E-state index in [1.807, 2.05) is 13.8 Å². The number of carbonyl (C=O) groups is 2. The van der Waals surface area contributed by atoms with Gasteiger partial charge in [0.2, 0.25) is 0 Å². The van der Waals surface area contributed by atoms with Crippen molar-refractivity contribution in [2.75, 3.05) is 13.2 Å². The molecular weight excluding hydrogens is 196 g/mol. The fourth-order valence-electron chi connectivity index (χ4n) is 0.927. The Balaban J connectivity index is 3.34. The smallest absolute Gasteiger partial charge is 0.309 e. The van der Waals surface area contributed by atoms with Crippen LogP contribution in [0.3, 0.4) is 0 Å². The molecule has 0 fully saturated rings. The van der Waals surface area contributed by atoms with Crippen LogP contribution in [-0.2, 0) is 19.1 Å². The zero-order chi connectivity index (χ0) is 11.5. The molecule has 4 heteroatoms. The molecule has 0 amide bonds. The average Bonchev–Trinajstić information content (AvgIpc) is 2.18. The molecule has 0 saturated heterocycles. The van der Waals surface area contributed by atoms with E-state index in [1.54, 1.807) is 0 Å². The lowest BCUT2D eigenvalue weighted by Crippen LogP contribution is -2.12. The molecule has 0 rings (SSSR count). The largest absolute Gasteiger partial charge is 0.466 e. The third-order valence-electron chi connectivity index (χ3n) is 1.78. The molecule has 0 N–H and O–H groups in total. The van der Waals surface area contributed by atoms with E-state index in [4.69, 9.17) is 9.47 Å². The van der Waals surface area contributed by atoms with E-state index in [0.717, 1.165) is 19.3 Å². The van der Waals surface area contributed by atoms with Crippen LogP contribution in [0, 0.1) is 0 Å². The summed E-state index contributed by atoms with van der Waals surface area (Å²) in [6, 6.07) is 0. The van der Waals surface area contributed by atoms with Crippen molar-refractivity contribution in [3.05, 3.63) is 0 Å². The third kappa shape index (κ3) is 9.25. The van der Waals surface area contributed by atoms with E-state index in [-0.39, 0.29) is 25.0 Å². The summed E-state index contributed by atoms with van der Waals surface area (Å²) in [4.78, 5) is 22.0. The van der Waals surface area contributed by atoms with E-state index >= 15 is 0 Å². The van der Waals surface area contributed by atoms with Crippen molar-refractivity contribution in [3.63, 3.8) is 0 Å². The number of esters is 2. The number of carbonyl (C=O) groups excluding carboxylic acids is 2. The van der Waals surface area contributed by atoms with Crippen LogP contribution in [0.2, 0.25) is 0 Å². The monoisotopic (exact) mass is 216 g/mol. The second kappa shape index (κ2) is 9.49. The van der Waals surface area contributed by atoms with Gasteiger partial charge in [-0.3, -0.25) is 9.59 Å². The van der Waals surface area contributed by atoms with Crippen molar-refractivity contribution >= 4 is 11.9 Å². The van der Waals surface area contributed by atoms with Crippen molar-refractivity contribution in [1.29, 1.82) is 0 Å². The summed E-state index contributed by atoms with van der Waals surface area (Å²) in [6.07, 6.45) is 3.20. The summed E-state index contributed by atoms with van der Waals surface area (Å²) in [5.41, 5.74) is 0. The van der Waals surface area contributed by atoms with Crippen LogP contribution in [-0.4, -0.2) is 25.2 Å². The molecule has 4 nitrogen and oxygen atoms in total. The molecule has 0 atom stereocenters. The Morgan fingerprint density at radius 2 is 1.47 bits per heavy atom. The first-order valence-electron chi connectivity index (χ1n) is 5.52. The first kappa shape index (κ1) is 13.9. The molecule has 0 aromatic heterocycles. The van der Waals surface area contributed by atoms with Crippen LogP contribution < -0.4 is 0 Å². The molecule has 0 radical (unpaired) electrons. The lowest BCUT2D eigenvalue weighted by atomic mass is 10.3. The standard InChI is InChI=1S/C11H20O4/c1-3-5-8-14-11(13)7-9-15-10(12)6-4-2/h3-9H2,1-2H3. The summed E-state index contributed by atoms with van der Waals surface area (Å²) in [5, 5.41) is 0. The first-order chi connectivity index (χ1) is 7.20. The van der Waals surface area contributed by atoms with Crippen LogP contribution in [0.25, 0.3) is 0 Å². The van der Waals surface area contributed by atoms with Gasteiger partial charge in [0.1, 0.15) is 6.61 Å². The molecule has 0 unspecified atom stereocenters. The predicted molar refractivity (Wildman–Crippen MR) is 56.4 cm³/mol. The van der Waals surface area contributed by atoms with E-state index in [1.165, 1.54) is 0 Å². The molecule has 0 aliphatic heterocycles. The lowest BCUT2D eigenvalue weighted by Gasteiger charge is -2.04. The minimum absolute atomic E-state index is 0.129. The van der Waals surface area contributed by atoms with Gasteiger partial charge in [-0.15, -0.1) is 0 Å². The molecule has 0 saturated carbocycles. The van der Waals surface area contributed by atoms with Crippen molar-refractivity contribution in [2.45, 2.75) is 46.0 Å². The zero-order valence-electron chi connectivity index (χ0n) is 9.58. The molecule has 0 spiro atoms. The number of ether oxygens (including phenoxy) is 2. The maximum atomic E-state index is 11.0. The van der Waals surface area contributed by atoms with Gasteiger partial charge in [-0.05, 0) is 12.8 Å². The minimum atomic E-state index is -0.298. The summed E-state index contributed by atoms with van der Waals surface area (Å²) >= 11 is 0. The SMILES string of the molecule is CCCCOC(=O)CCOC(=O)CCC. The van der Waals surface area contributed by atoms with E-state index in [2.05, 4.69) is 0 Å². The summed E-state index contributed by atoms with van der Waals surface area (Å²) < 4.78 is 9.71. The summed E-state index contributed by atoms with van der Waals surface area (Å²) in [5.74, 6) is -0.549. The Kier molecular flexibility index (Phi) is 8.82. The van der Waals surface area contributed by atoms with Crippen LogP contribution in [0.5, 0.6) is 0 Å². The average molecular weight is 216 g/mol. The lowest BCUT2D eigenvalue weighted by molar-refractivity contribution is -0.149. The molecule has 0 aliphatic rings. The second-order valence-corrected chi connectivity index (χ2v) is 3.29. The fourth-order valence-corrected chi connectivity index (χ4v) is 0.927. The Morgan fingerprint density at radius 1 is 0.867 bits per heavy atom. The van der Waals surface area contributed by atoms with Crippen LogP contribution in [0.1, 0.15) is 46.0 Å². The van der Waals surface area contributed by atoms with E-state index in [9.17, 15) is 9.59 Å². The number of rotatable bonds is 8. The molecular formula is C11H20O4. The first-order valence-corrected chi connectivity index (χ1v) is 5.52. The molecule has 88 valence electrons. The number of unbranched alkanes of at least 4 members (excludes halogenated alkanes) is 1. The van der Waals surface area contributed by atoms with Gasteiger partial charge in [-0.2, -0.15) is 0 Å². The molecule has 0 aromatic rings. The Hall–Kier alpha value is -1.06. The van der Waals surface area contributed by atoms with Crippen molar-refractivity contribution in [3.8, 4) is 0 Å². The van der Waals surface area contributed by atoms with Crippen molar-refractivity contribution in [1.82, 2.24) is 0 Å². The molecule has 0 heterocycles. The second-order valence-electron chi connectivity index (χ2n) is 3.29. The van der Waals surface area contributed by atoms with E-state index in [0.29, 0.717) is 13.0 Å². The third-order valence-corrected chi connectivity index (χ3v) is 1.78. The van der Waals surface area contributed by atoms with Crippen LogP contribution in [0.15, 0.2) is 0 Å². The van der Waals surface area contributed by atoms with Gasteiger partial charge in [0.05, 0.1) is 13.0 Å². The highest BCUT2D eigenvalue weighted by molar-refractivity contribution is 5.71. The van der Waals surface area contributed by atoms with Gasteiger partial charge in [-0.1, -0.05) is 20.3 Å². The minimum Gasteiger partial charge on any atom is -0.466 e.